The summed E-state index contributed by atoms with van der Waals surface area (Å²) < 4.78 is 10.8. The number of hydrogen-bond donors (Lipinski definition) is 0. The van der Waals surface area contributed by atoms with Crippen LogP contribution in [-0.4, -0.2) is 17.8 Å². The van der Waals surface area contributed by atoms with Crippen molar-refractivity contribution in [1.82, 2.24) is 0 Å². The fourth-order valence-electron chi connectivity index (χ4n) is 2.60. The number of nitro groups is 1. The summed E-state index contributed by atoms with van der Waals surface area (Å²) in [5.41, 5.74) is 0.506. The number of ether oxygens (including phenoxy) is 1. The fraction of sp³-hybridized carbons (Fsp3) is 0.0476. The van der Waals surface area contributed by atoms with E-state index in [0.29, 0.717) is 22.6 Å². The van der Waals surface area contributed by atoms with Crippen molar-refractivity contribution in [1.29, 1.82) is 5.26 Å². The lowest BCUT2D eigenvalue weighted by Gasteiger charge is -2.03. The first-order valence-corrected chi connectivity index (χ1v) is 8.65. The van der Waals surface area contributed by atoms with Gasteiger partial charge in [-0.15, -0.1) is 0 Å². The first kappa shape index (κ1) is 19.9. The average molecular weight is 409 g/mol. The van der Waals surface area contributed by atoms with Crippen molar-refractivity contribution in [3.8, 4) is 23.1 Å². The maximum absolute atomic E-state index is 12.6. The SMILES string of the molecule is COc1cccc(C(=O)/C(C#N)=C/c2ccc(-c3ccc([N+](=O)[O-])cc3Cl)o2)c1. The van der Waals surface area contributed by atoms with Crippen LogP contribution in [0.3, 0.4) is 0 Å². The number of hydrogen-bond acceptors (Lipinski definition) is 6. The fourth-order valence-corrected chi connectivity index (χ4v) is 2.87. The van der Waals surface area contributed by atoms with Crippen molar-refractivity contribution in [2.45, 2.75) is 0 Å². The largest absolute Gasteiger partial charge is 0.497 e. The molecular formula is C21H13ClN2O5. The van der Waals surface area contributed by atoms with Crippen LogP contribution in [0, 0.1) is 21.4 Å². The molecule has 0 fully saturated rings. The molecule has 8 heteroatoms. The Morgan fingerprint density at radius 1 is 1.24 bits per heavy atom. The van der Waals surface area contributed by atoms with Gasteiger partial charge in [0.25, 0.3) is 5.69 Å². The van der Waals surface area contributed by atoms with Crippen molar-refractivity contribution < 1.29 is 18.9 Å². The number of carbonyl (C=O) groups is 1. The molecule has 0 unspecified atom stereocenters. The molecule has 0 radical (unpaired) electrons. The van der Waals surface area contributed by atoms with E-state index >= 15 is 0 Å². The van der Waals surface area contributed by atoms with Crippen LogP contribution < -0.4 is 4.74 Å². The number of methoxy groups -OCH3 is 1. The number of nitriles is 1. The van der Waals surface area contributed by atoms with Gasteiger partial charge in [-0.2, -0.15) is 5.26 Å². The minimum absolute atomic E-state index is 0.117. The Hall–Kier alpha value is -3.89. The zero-order chi connectivity index (χ0) is 21.0. The summed E-state index contributed by atoms with van der Waals surface area (Å²) in [5.74, 6) is 0.642. The number of nitrogens with zero attached hydrogens (tertiary/aromatic N) is 2. The number of allylic oxidation sites excluding steroid dienone is 1. The van der Waals surface area contributed by atoms with Crippen molar-refractivity contribution in [2.24, 2.45) is 0 Å². The zero-order valence-corrected chi connectivity index (χ0v) is 15.8. The van der Waals surface area contributed by atoms with Crippen LogP contribution in [0.4, 0.5) is 5.69 Å². The lowest BCUT2D eigenvalue weighted by atomic mass is 10.0. The predicted octanol–water partition coefficient (Wildman–Crippen LogP) is 5.31. The molecule has 1 aromatic heterocycles. The molecule has 0 aliphatic rings. The highest BCUT2D eigenvalue weighted by molar-refractivity contribution is 6.33. The summed E-state index contributed by atoms with van der Waals surface area (Å²) in [7, 11) is 1.48. The highest BCUT2D eigenvalue weighted by Crippen LogP contribution is 2.32. The van der Waals surface area contributed by atoms with E-state index in [4.69, 9.17) is 20.8 Å². The number of Topliss-reactive ketones (excluding diaryl/α,β-unsaturated/α-hetero) is 1. The minimum Gasteiger partial charge on any atom is -0.497 e. The normalized spacial score (nSPS) is 11.0. The van der Waals surface area contributed by atoms with Gasteiger partial charge in [0.15, 0.2) is 0 Å². The van der Waals surface area contributed by atoms with E-state index in [2.05, 4.69) is 0 Å². The molecule has 29 heavy (non-hydrogen) atoms. The Bertz CT molecular complexity index is 1170. The zero-order valence-electron chi connectivity index (χ0n) is 15.1. The molecule has 7 nitrogen and oxygen atoms in total. The summed E-state index contributed by atoms with van der Waals surface area (Å²) in [6.45, 7) is 0. The lowest BCUT2D eigenvalue weighted by Crippen LogP contribution is -2.02. The third-order valence-electron chi connectivity index (χ3n) is 4.04. The number of benzene rings is 2. The molecule has 1 heterocycles. The lowest BCUT2D eigenvalue weighted by molar-refractivity contribution is -0.384. The monoisotopic (exact) mass is 408 g/mol. The number of nitro benzene ring substituents is 1. The standard InChI is InChI=1S/C21H13ClN2O5/c1-28-16-4-2-3-13(9-16)21(25)14(12-23)10-17-6-8-20(29-17)18-7-5-15(24(26)27)11-19(18)22/h2-11H,1H3/b14-10+. The highest BCUT2D eigenvalue weighted by Gasteiger charge is 2.16. The Balaban J connectivity index is 1.91. The van der Waals surface area contributed by atoms with Crippen molar-refractivity contribution in [3.05, 3.63) is 86.6 Å². The van der Waals surface area contributed by atoms with Gasteiger partial charge in [-0.25, -0.2) is 0 Å². The molecule has 0 N–H and O–H groups in total. The predicted molar refractivity (Wildman–Crippen MR) is 107 cm³/mol. The Kier molecular flexibility index (Phi) is 5.77. The van der Waals surface area contributed by atoms with Gasteiger partial charge in [0, 0.05) is 29.3 Å². The second-order valence-corrected chi connectivity index (χ2v) is 6.26. The van der Waals surface area contributed by atoms with Crippen LogP contribution in [0.5, 0.6) is 5.75 Å². The van der Waals surface area contributed by atoms with Crippen LogP contribution in [0.2, 0.25) is 5.02 Å². The van der Waals surface area contributed by atoms with Gasteiger partial charge < -0.3 is 9.15 Å². The van der Waals surface area contributed by atoms with Gasteiger partial charge in [-0.1, -0.05) is 23.7 Å². The van der Waals surface area contributed by atoms with Crippen LogP contribution >= 0.6 is 11.6 Å². The summed E-state index contributed by atoms with van der Waals surface area (Å²) >= 11 is 6.11. The molecule has 0 aliphatic heterocycles. The van der Waals surface area contributed by atoms with E-state index < -0.39 is 10.7 Å². The highest BCUT2D eigenvalue weighted by atomic mass is 35.5. The molecule has 0 spiro atoms. The van der Waals surface area contributed by atoms with Crippen LogP contribution in [-0.2, 0) is 0 Å². The third kappa shape index (κ3) is 4.34. The second kappa shape index (κ2) is 8.42. The molecule has 144 valence electrons. The van der Waals surface area contributed by atoms with Gasteiger partial charge in [0.2, 0.25) is 5.78 Å². The molecule has 0 bridgehead atoms. The molecule has 0 amide bonds. The van der Waals surface area contributed by atoms with Crippen LogP contribution in [0.25, 0.3) is 17.4 Å². The Labute approximate surface area is 170 Å². The smallest absolute Gasteiger partial charge is 0.270 e. The summed E-state index contributed by atoms with van der Waals surface area (Å²) in [5, 5.41) is 20.4. The third-order valence-corrected chi connectivity index (χ3v) is 4.35. The number of furan rings is 1. The van der Waals surface area contributed by atoms with Gasteiger partial charge in [0.1, 0.15) is 28.9 Å². The Morgan fingerprint density at radius 2 is 2.03 bits per heavy atom. The molecule has 0 aliphatic carbocycles. The summed E-state index contributed by atoms with van der Waals surface area (Å²) in [6, 6.07) is 15.5. The van der Waals surface area contributed by atoms with Crippen molar-refractivity contribution in [2.75, 3.05) is 7.11 Å². The number of ketones is 1. The molecule has 3 rings (SSSR count). The van der Waals surface area contributed by atoms with E-state index in [1.807, 2.05) is 6.07 Å². The maximum Gasteiger partial charge on any atom is 0.270 e. The van der Waals surface area contributed by atoms with Crippen LogP contribution in [0.1, 0.15) is 16.1 Å². The topological polar surface area (TPSA) is 106 Å². The summed E-state index contributed by atoms with van der Waals surface area (Å²) in [6.07, 6.45) is 1.32. The molecule has 0 saturated carbocycles. The van der Waals surface area contributed by atoms with Crippen molar-refractivity contribution >= 4 is 29.1 Å². The van der Waals surface area contributed by atoms with E-state index in [9.17, 15) is 20.2 Å². The number of non-ortho nitro benzene ring substituents is 1. The van der Waals surface area contributed by atoms with Gasteiger partial charge >= 0.3 is 0 Å². The maximum atomic E-state index is 12.6. The molecular weight excluding hydrogens is 396 g/mol. The van der Waals surface area contributed by atoms with Gasteiger partial charge in [0.05, 0.1) is 17.1 Å². The minimum atomic E-state index is -0.546. The first-order chi connectivity index (χ1) is 13.9. The first-order valence-electron chi connectivity index (χ1n) is 8.27. The molecule has 0 saturated heterocycles. The van der Waals surface area contributed by atoms with Crippen molar-refractivity contribution in [3.63, 3.8) is 0 Å². The van der Waals surface area contributed by atoms with E-state index in [1.54, 1.807) is 30.3 Å². The van der Waals surface area contributed by atoms with Crippen LogP contribution in [0.15, 0.2) is 64.6 Å². The average Bonchev–Trinajstić information content (AvgIpc) is 3.19. The molecule has 2 aromatic carbocycles. The number of carbonyl (C=O) groups excluding carboxylic acids is 1. The van der Waals surface area contributed by atoms with Gasteiger partial charge in [-0.05, 0) is 30.3 Å². The van der Waals surface area contributed by atoms with E-state index in [-0.39, 0.29) is 22.0 Å². The molecule has 0 atom stereocenters. The number of halogens is 1. The second-order valence-electron chi connectivity index (χ2n) is 5.85. The quantitative estimate of drug-likeness (QED) is 0.180. The van der Waals surface area contributed by atoms with Gasteiger partial charge in [-0.3, -0.25) is 14.9 Å². The Morgan fingerprint density at radius 3 is 2.69 bits per heavy atom. The number of rotatable bonds is 6. The van der Waals surface area contributed by atoms with E-state index in [1.165, 1.54) is 37.5 Å². The summed E-state index contributed by atoms with van der Waals surface area (Å²) in [4.78, 5) is 22.9. The van der Waals surface area contributed by atoms with E-state index in [0.717, 1.165) is 0 Å². The molecule has 3 aromatic rings.